The summed E-state index contributed by atoms with van der Waals surface area (Å²) in [5.74, 6) is -0.902. The Morgan fingerprint density at radius 2 is 2.00 bits per heavy atom. The van der Waals surface area contributed by atoms with Crippen LogP contribution >= 0.6 is 0 Å². The van der Waals surface area contributed by atoms with Crippen LogP contribution in [0.25, 0.3) is 0 Å². The third kappa shape index (κ3) is 2.67. The number of halogens is 1. The van der Waals surface area contributed by atoms with Crippen LogP contribution in [0.15, 0.2) is 36.9 Å². The Labute approximate surface area is 126 Å². The fourth-order valence-electron chi connectivity index (χ4n) is 2.65. The van der Waals surface area contributed by atoms with E-state index >= 15 is 0 Å². The fourth-order valence-corrected chi connectivity index (χ4v) is 2.65. The van der Waals surface area contributed by atoms with Gasteiger partial charge in [0, 0.05) is 37.2 Å². The van der Waals surface area contributed by atoms with Crippen molar-refractivity contribution in [3.8, 4) is 0 Å². The summed E-state index contributed by atoms with van der Waals surface area (Å²) in [6.45, 7) is 0.639. The van der Waals surface area contributed by atoms with E-state index in [1.165, 1.54) is 30.9 Å². The summed E-state index contributed by atoms with van der Waals surface area (Å²) >= 11 is 0. The molecule has 22 heavy (non-hydrogen) atoms. The highest BCUT2D eigenvalue weighted by atomic mass is 19.1. The number of nitrogens with zero attached hydrogens (tertiary/aromatic N) is 4. The van der Waals surface area contributed by atoms with Crippen molar-refractivity contribution in [2.24, 2.45) is 0 Å². The molecule has 1 aliphatic heterocycles. The van der Waals surface area contributed by atoms with E-state index < -0.39 is 11.5 Å². The van der Waals surface area contributed by atoms with Crippen molar-refractivity contribution in [3.63, 3.8) is 0 Å². The van der Waals surface area contributed by atoms with Gasteiger partial charge in [-0.05, 0) is 18.9 Å². The van der Waals surface area contributed by atoms with Gasteiger partial charge < -0.3 is 10.0 Å². The van der Waals surface area contributed by atoms with Crippen molar-refractivity contribution < 1.29 is 14.3 Å². The Morgan fingerprint density at radius 1 is 1.23 bits per heavy atom. The first-order valence-electron chi connectivity index (χ1n) is 6.99. The molecule has 6 nitrogen and oxygen atoms in total. The molecule has 0 radical (unpaired) electrons. The van der Waals surface area contributed by atoms with Crippen molar-refractivity contribution in [3.05, 3.63) is 54.1 Å². The lowest BCUT2D eigenvalue weighted by molar-refractivity contribution is -0.0242. The average molecular weight is 302 g/mol. The number of carbonyl (C=O) groups is 1. The van der Waals surface area contributed by atoms with Crippen LogP contribution in [0.2, 0.25) is 0 Å². The molecule has 1 fully saturated rings. The van der Waals surface area contributed by atoms with Crippen LogP contribution in [-0.2, 0) is 5.60 Å². The zero-order chi connectivity index (χ0) is 15.6. The molecule has 114 valence electrons. The summed E-state index contributed by atoms with van der Waals surface area (Å²) in [7, 11) is 0. The number of aliphatic hydroxyl groups is 1. The Bertz CT molecular complexity index is 672. The van der Waals surface area contributed by atoms with Gasteiger partial charge in [-0.1, -0.05) is 6.07 Å². The number of hydrogen-bond acceptors (Lipinski definition) is 5. The van der Waals surface area contributed by atoms with E-state index in [0.29, 0.717) is 13.1 Å². The molecule has 0 atom stereocenters. The van der Waals surface area contributed by atoms with E-state index in [1.807, 2.05) is 0 Å². The molecule has 1 amide bonds. The van der Waals surface area contributed by atoms with E-state index in [-0.39, 0.29) is 30.0 Å². The summed E-state index contributed by atoms with van der Waals surface area (Å²) in [5.41, 5.74) is -0.848. The van der Waals surface area contributed by atoms with Crippen molar-refractivity contribution in [2.75, 3.05) is 13.1 Å². The van der Waals surface area contributed by atoms with Gasteiger partial charge in [-0.15, -0.1) is 0 Å². The van der Waals surface area contributed by atoms with Gasteiger partial charge in [-0.25, -0.2) is 9.97 Å². The minimum Gasteiger partial charge on any atom is -0.385 e. The number of pyridine rings is 1. The summed E-state index contributed by atoms with van der Waals surface area (Å²) in [6.07, 6.45) is 6.21. The zero-order valence-corrected chi connectivity index (χ0v) is 11.8. The minimum absolute atomic E-state index is 0.182. The van der Waals surface area contributed by atoms with Gasteiger partial charge >= 0.3 is 0 Å². The highest BCUT2D eigenvalue weighted by Crippen LogP contribution is 2.33. The summed E-state index contributed by atoms with van der Waals surface area (Å²) in [6, 6.07) is 3.12. The second-order valence-corrected chi connectivity index (χ2v) is 5.26. The molecule has 0 spiro atoms. The maximum Gasteiger partial charge on any atom is 0.274 e. The van der Waals surface area contributed by atoms with Gasteiger partial charge in [0.25, 0.3) is 5.91 Å². The lowest BCUT2D eigenvalue weighted by Crippen LogP contribution is -2.45. The highest BCUT2D eigenvalue weighted by Gasteiger charge is 2.38. The van der Waals surface area contributed by atoms with Gasteiger partial charge in [0.1, 0.15) is 5.69 Å². The first-order chi connectivity index (χ1) is 10.6. The molecule has 3 heterocycles. The number of likely N-dealkylation sites (tertiary alicyclic amines) is 1. The molecular formula is C15H15FN4O2. The van der Waals surface area contributed by atoms with Crippen molar-refractivity contribution in [1.29, 1.82) is 0 Å². The molecule has 3 rings (SSSR count). The Hall–Kier alpha value is -2.41. The zero-order valence-electron chi connectivity index (χ0n) is 11.8. The Balaban J connectivity index is 1.73. The van der Waals surface area contributed by atoms with Gasteiger partial charge in [0.2, 0.25) is 5.95 Å². The molecule has 1 aliphatic rings. The van der Waals surface area contributed by atoms with E-state index in [9.17, 15) is 14.3 Å². The SMILES string of the molecule is O=C(c1cnccn1)N1CCC(O)(c2cccnc2F)CC1. The normalized spacial score (nSPS) is 17.3. The van der Waals surface area contributed by atoms with Crippen LogP contribution in [0.5, 0.6) is 0 Å². The predicted molar refractivity (Wildman–Crippen MR) is 75.3 cm³/mol. The first-order valence-corrected chi connectivity index (χ1v) is 6.99. The molecule has 0 aliphatic carbocycles. The molecule has 2 aromatic rings. The fraction of sp³-hybridized carbons (Fsp3) is 0.333. The van der Waals surface area contributed by atoms with E-state index in [4.69, 9.17) is 0 Å². The molecule has 0 aromatic carbocycles. The summed E-state index contributed by atoms with van der Waals surface area (Å²) in [5, 5.41) is 10.6. The molecule has 0 unspecified atom stereocenters. The largest absolute Gasteiger partial charge is 0.385 e. The molecule has 2 aromatic heterocycles. The molecular weight excluding hydrogens is 287 g/mol. The lowest BCUT2D eigenvalue weighted by atomic mass is 9.85. The molecule has 0 saturated carbocycles. The number of aromatic nitrogens is 3. The van der Waals surface area contributed by atoms with E-state index in [2.05, 4.69) is 15.0 Å². The van der Waals surface area contributed by atoms with Crippen molar-refractivity contribution in [1.82, 2.24) is 19.9 Å². The van der Waals surface area contributed by atoms with E-state index in [0.717, 1.165) is 0 Å². The molecule has 0 bridgehead atoms. The third-order valence-electron chi connectivity index (χ3n) is 3.92. The predicted octanol–water partition coefficient (Wildman–Crippen LogP) is 1.13. The van der Waals surface area contributed by atoms with Crippen LogP contribution in [0.1, 0.15) is 28.9 Å². The summed E-state index contributed by atoms with van der Waals surface area (Å²) in [4.78, 5) is 25.3. The molecule has 7 heteroatoms. The van der Waals surface area contributed by atoms with Crippen LogP contribution in [-0.4, -0.2) is 44.0 Å². The van der Waals surface area contributed by atoms with Gasteiger partial charge in [-0.2, -0.15) is 4.39 Å². The van der Waals surface area contributed by atoms with Crippen LogP contribution in [0.4, 0.5) is 4.39 Å². The standard InChI is InChI=1S/C15H15FN4O2/c16-13-11(2-1-5-19-13)15(22)3-8-20(9-4-15)14(21)12-10-17-6-7-18-12/h1-2,5-7,10,22H,3-4,8-9H2. The monoisotopic (exact) mass is 302 g/mol. The van der Waals surface area contributed by atoms with Crippen LogP contribution in [0, 0.1) is 5.95 Å². The maximum atomic E-state index is 13.8. The van der Waals surface area contributed by atoms with E-state index in [1.54, 1.807) is 11.0 Å². The quantitative estimate of drug-likeness (QED) is 0.841. The first kappa shape index (κ1) is 14.5. The number of carbonyl (C=O) groups excluding carboxylic acids is 1. The smallest absolute Gasteiger partial charge is 0.274 e. The second kappa shape index (κ2) is 5.76. The Kier molecular flexibility index (Phi) is 3.81. The van der Waals surface area contributed by atoms with Gasteiger partial charge in [-0.3, -0.25) is 9.78 Å². The average Bonchev–Trinajstić information content (AvgIpc) is 2.56. The van der Waals surface area contributed by atoms with Gasteiger partial charge in [0.05, 0.1) is 11.8 Å². The van der Waals surface area contributed by atoms with Crippen LogP contribution in [0.3, 0.4) is 0 Å². The number of hydrogen-bond donors (Lipinski definition) is 1. The van der Waals surface area contributed by atoms with Crippen LogP contribution < -0.4 is 0 Å². The highest BCUT2D eigenvalue weighted by molar-refractivity contribution is 5.92. The topological polar surface area (TPSA) is 79.2 Å². The van der Waals surface area contributed by atoms with Crippen molar-refractivity contribution in [2.45, 2.75) is 18.4 Å². The molecule has 1 N–H and O–H groups in total. The number of rotatable bonds is 2. The summed E-state index contributed by atoms with van der Waals surface area (Å²) < 4.78 is 13.8. The number of amides is 1. The minimum atomic E-state index is -1.29. The molecule has 1 saturated heterocycles. The Morgan fingerprint density at radius 3 is 2.64 bits per heavy atom. The maximum absolute atomic E-state index is 13.8. The second-order valence-electron chi connectivity index (χ2n) is 5.26. The van der Waals surface area contributed by atoms with Crippen molar-refractivity contribution >= 4 is 5.91 Å². The number of piperidine rings is 1. The van der Waals surface area contributed by atoms with Gasteiger partial charge in [0.15, 0.2) is 0 Å². The third-order valence-corrected chi connectivity index (χ3v) is 3.92. The lowest BCUT2D eigenvalue weighted by Gasteiger charge is -2.38.